The van der Waals surface area contributed by atoms with Crippen LogP contribution in [0, 0.1) is 0 Å². The molecule has 0 bridgehead atoms. The van der Waals surface area contributed by atoms with Crippen LogP contribution in [0.15, 0.2) is 52.0 Å². The van der Waals surface area contributed by atoms with E-state index < -0.39 is 10.0 Å². The number of nitrogens with one attached hydrogen (secondary N) is 2. The van der Waals surface area contributed by atoms with Crippen LogP contribution >= 0.6 is 0 Å². The van der Waals surface area contributed by atoms with Crippen LogP contribution in [-0.2, 0) is 16.6 Å². The Balaban J connectivity index is 2.09. The van der Waals surface area contributed by atoms with Gasteiger partial charge in [0.1, 0.15) is 5.76 Å². The zero-order valence-corrected chi connectivity index (χ0v) is 13.0. The van der Waals surface area contributed by atoms with E-state index in [-0.39, 0.29) is 11.1 Å². The van der Waals surface area contributed by atoms with E-state index in [1.807, 2.05) is 37.3 Å². The van der Waals surface area contributed by atoms with E-state index in [9.17, 15) is 8.42 Å². The summed E-state index contributed by atoms with van der Waals surface area (Å²) in [6.45, 7) is 5.09. The third-order valence-electron chi connectivity index (χ3n) is 3.08. The minimum absolute atomic E-state index is 0.0572. The molecule has 0 aliphatic carbocycles. The molecule has 0 amide bonds. The van der Waals surface area contributed by atoms with Crippen molar-refractivity contribution in [3.05, 3.63) is 53.8 Å². The highest BCUT2D eigenvalue weighted by Gasteiger charge is 2.21. The molecule has 0 saturated heterocycles. The summed E-state index contributed by atoms with van der Waals surface area (Å²) in [6.07, 6.45) is 0. The summed E-state index contributed by atoms with van der Waals surface area (Å²) in [5.41, 5.74) is 0.903. The Bertz CT molecular complexity index is 665. The van der Waals surface area contributed by atoms with Gasteiger partial charge in [0.25, 0.3) is 10.0 Å². The molecule has 0 fully saturated rings. The topological polar surface area (TPSA) is 71.3 Å². The first-order valence-electron chi connectivity index (χ1n) is 6.89. The molecule has 2 N–H and O–H groups in total. The van der Waals surface area contributed by atoms with Crippen molar-refractivity contribution in [2.24, 2.45) is 0 Å². The van der Waals surface area contributed by atoms with Gasteiger partial charge in [-0.3, -0.25) is 0 Å². The summed E-state index contributed by atoms with van der Waals surface area (Å²) >= 11 is 0. The zero-order valence-electron chi connectivity index (χ0n) is 12.2. The molecule has 0 spiro atoms. The molecule has 2 rings (SSSR count). The average molecular weight is 308 g/mol. The fourth-order valence-corrected chi connectivity index (χ4v) is 3.13. The second-order valence-corrected chi connectivity index (χ2v) is 6.40. The van der Waals surface area contributed by atoms with Crippen molar-refractivity contribution < 1.29 is 12.8 Å². The summed E-state index contributed by atoms with van der Waals surface area (Å²) in [7, 11) is -3.66. The van der Waals surface area contributed by atoms with Gasteiger partial charge in [0, 0.05) is 6.04 Å². The normalized spacial score (nSPS) is 13.2. The number of benzene rings is 1. The molecule has 1 unspecified atom stereocenters. The van der Waals surface area contributed by atoms with Crippen molar-refractivity contribution in [3.8, 4) is 0 Å². The molecule has 114 valence electrons. The van der Waals surface area contributed by atoms with Crippen LogP contribution in [0.25, 0.3) is 0 Å². The van der Waals surface area contributed by atoms with Gasteiger partial charge < -0.3 is 9.73 Å². The minimum atomic E-state index is -3.66. The van der Waals surface area contributed by atoms with Gasteiger partial charge in [-0.05, 0) is 31.2 Å². The monoisotopic (exact) mass is 308 g/mol. The van der Waals surface area contributed by atoms with E-state index in [1.54, 1.807) is 13.0 Å². The van der Waals surface area contributed by atoms with Gasteiger partial charge >= 0.3 is 0 Å². The second-order valence-electron chi connectivity index (χ2n) is 4.75. The number of hydrogen-bond donors (Lipinski definition) is 2. The second kappa shape index (κ2) is 6.89. The Labute approximate surface area is 125 Å². The minimum Gasteiger partial charge on any atom is -0.447 e. The maximum Gasteiger partial charge on any atom is 0.274 e. The molecular formula is C15H20N2O3S. The predicted molar refractivity (Wildman–Crippen MR) is 81.3 cm³/mol. The van der Waals surface area contributed by atoms with Crippen LogP contribution in [-0.4, -0.2) is 15.0 Å². The van der Waals surface area contributed by atoms with Gasteiger partial charge in [0.2, 0.25) is 5.09 Å². The molecule has 0 aliphatic rings. The van der Waals surface area contributed by atoms with E-state index in [0.717, 1.165) is 12.1 Å². The lowest BCUT2D eigenvalue weighted by Gasteiger charge is -2.13. The molecule has 1 aromatic carbocycles. The van der Waals surface area contributed by atoms with Crippen LogP contribution in [0.4, 0.5) is 0 Å². The van der Waals surface area contributed by atoms with Crippen LogP contribution in [0.3, 0.4) is 0 Å². The van der Waals surface area contributed by atoms with Crippen molar-refractivity contribution in [3.63, 3.8) is 0 Å². The van der Waals surface area contributed by atoms with Crippen molar-refractivity contribution in [1.29, 1.82) is 0 Å². The fourth-order valence-electron chi connectivity index (χ4n) is 1.95. The zero-order chi connectivity index (χ0) is 15.3. The first-order valence-corrected chi connectivity index (χ1v) is 8.38. The van der Waals surface area contributed by atoms with E-state index in [1.165, 1.54) is 6.07 Å². The van der Waals surface area contributed by atoms with Crippen molar-refractivity contribution in [1.82, 2.24) is 10.0 Å². The molecule has 0 aliphatic heterocycles. The van der Waals surface area contributed by atoms with E-state index >= 15 is 0 Å². The lowest BCUT2D eigenvalue weighted by atomic mass is 10.1. The fraction of sp³-hybridized carbons (Fsp3) is 0.333. The van der Waals surface area contributed by atoms with Gasteiger partial charge in [-0.15, -0.1) is 0 Å². The van der Waals surface area contributed by atoms with E-state index in [0.29, 0.717) is 12.3 Å². The lowest BCUT2D eigenvalue weighted by Crippen LogP contribution is -2.26. The number of rotatable bonds is 7. The van der Waals surface area contributed by atoms with Crippen LogP contribution in [0.5, 0.6) is 0 Å². The lowest BCUT2D eigenvalue weighted by molar-refractivity contribution is 0.400. The number of furan rings is 1. The number of hydrogen-bond acceptors (Lipinski definition) is 4. The predicted octanol–water partition coefficient (Wildman–Crippen LogP) is 2.43. The Morgan fingerprint density at radius 2 is 1.86 bits per heavy atom. The highest BCUT2D eigenvalue weighted by molar-refractivity contribution is 7.89. The smallest absolute Gasteiger partial charge is 0.274 e. The van der Waals surface area contributed by atoms with Crippen molar-refractivity contribution in [2.45, 2.75) is 31.5 Å². The SMILES string of the molecule is CCNCc1ccc(S(=O)(=O)NC(C)c2ccccc2)o1. The van der Waals surface area contributed by atoms with E-state index in [2.05, 4.69) is 10.0 Å². The first kappa shape index (κ1) is 15.8. The Morgan fingerprint density at radius 1 is 1.14 bits per heavy atom. The molecule has 21 heavy (non-hydrogen) atoms. The van der Waals surface area contributed by atoms with Gasteiger partial charge in [0.15, 0.2) is 0 Å². The summed E-state index contributed by atoms with van der Waals surface area (Å²) in [5, 5.41) is 3.03. The summed E-state index contributed by atoms with van der Waals surface area (Å²) in [6, 6.07) is 12.2. The standard InChI is InChI=1S/C15H20N2O3S/c1-3-16-11-14-9-10-15(20-14)21(18,19)17-12(2)13-7-5-4-6-8-13/h4-10,12,16-17H,3,11H2,1-2H3. The Morgan fingerprint density at radius 3 is 2.52 bits per heavy atom. The Kier molecular flexibility index (Phi) is 5.17. The van der Waals surface area contributed by atoms with Gasteiger partial charge in [-0.1, -0.05) is 37.3 Å². The molecule has 5 nitrogen and oxygen atoms in total. The van der Waals surface area contributed by atoms with Gasteiger partial charge in [-0.25, -0.2) is 13.1 Å². The molecule has 0 saturated carbocycles. The quantitative estimate of drug-likeness (QED) is 0.824. The van der Waals surface area contributed by atoms with Crippen LogP contribution in [0.1, 0.15) is 31.2 Å². The highest BCUT2D eigenvalue weighted by atomic mass is 32.2. The first-order chi connectivity index (χ1) is 10.0. The molecular weight excluding hydrogens is 288 g/mol. The van der Waals surface area contributed by atoms with Gasteiger partial charge in [-0.2, -0.15) is 0 Å². The largest absolute Gasteiger partial charge is 0.447 e. The maximum atomic E-state index is 12.3. The third-order valence-corrected chi connectivity index (χ3v) is 4.50. The molecule has 1 atom stereocenters. The Hall–Kier alpha value is -1.63. The molecule has 6 heteroatoms. The molecule has 2 aromatic rings. The third kappa shape index (κ3) is 4.17. The van der Waals surface area contributed by atoms with Crippen LogP contribution < -0.4 is 10.0 Å². The summed E-state index contributed by atoms with van der Waals surface area (Å²) < 4.78 is 32.5. The number of sulfonamides is 1. The summed E-state index contributed by atoms with van der Waals surface area (Å²) in [4.78, 5) is 0. The van der Waals surface area contributed by atoms with Crippen LogP contribution in [0.2, 0.25) is 0 Å². The van der Waals surface area contributed by atoms with Gasteiger partial charge in [0.05, 0.1) is 6.54 Å². The highest BCUT2D eigenvalue weighted by Crippen LogP contribution is 2.18. The molecule has 1 aromatic heterocycles. The van der Waals surface area contributed by atoms with Crippen molar-refractivity contribution >= 4 is 10.0 Å². The maximum absolute atomic E-state index is 12.3. The van der Waals surface area contributed by atoms with E-state index in [4.69, 9.17) is 4.42 Å². The molecule has 1 heterocycles. The van der Waals surface area contributed by atoms with Crippen molar-refractivity contribution in [2.75, 3.05) is 6.54 Å². The average Bonchev–Trinajstić information content (AvgIpc) is 2.95. The summed E-state index contributed by atoms with van der Waals surface area (Å²) in [5.74, 6) is 0.601. The molecule has 0 radical (unpaired) electrons.